The van der Waals surface area contributed by atoms with Gasteiger partial charge in [-0.05, 0) is 12.1 Å². The van der Waals surface area contributed by atoms with Crippen molar-refractivity contribution in [2.75, 3.05) is 41.9 Å². The Morgan fingerprint density at radius 2 is 1.65 bits per heavy atom. The van der Waals surface area contributed by atoms with Gasteiger partial charge in [-0.3, -0.25) is 20.2 Å². The molecule has 0 radical (unpaired) electrons. The smallest absolute Gasteiger partial charge is 0.270 e. The van der Waals surface area contributed by atoms with Crippen molar-refractivity contribution in [2.24, 2.45) is 5.10 Å². The molecule has 14 nitrogen and oxygen atoms in total. The highest BCUT2D eigenvalue weighted by atomic mass is 16.6. The van der Waals surface area contributed by atoms with Crippen molar-refractivity contribution in [1.82, 2.24) is 15.0 Å². The lowest BCUT2D eigenvalue weighted by molar-refractivity contribution is -0.385. The van der Waals surface area contributed by atoms with E-state index in [1.165, 1.54) is 30.5 Å². The van der Waals surface area contributed by atoms with E-state index in [1.807, 2.05) is 4.90 Å². The summed E-state index contributed by atoms with van der Waals surface area (Å²) in [5.74, 6) is 0.747. The van der Waals surface area contributed by atoms with Gasteiger partial charge < -0.3 is 15.0 Å². The van der Waals surface area contributed by atoms with Gasteiger partial charge in [0.05, 0.1) is 29.3 Å². The van der Waals surface area contributed by atoms with Crippen LogP contribution in [0.1, 0.15) is 5.56 Å². The van der Waals surface area contributed by atoms with E-state index < -0.39 is 9.85 Å². The second-order valence-electron chi connectivity index (χ2n) is 7.03. The van der Waals surface area contributed by atoms with E-state index in [9.17, 15) is 20.2 Å². The minimum atomic E-state index is -0.485. The van der Waals surface area contributed by atoms with Gasteiger partial charge in [0.1, 0.15) is 0 Å². The van der Waals surface area contributed by atoms with Crippen LogP contribution in [0.25, 0.3) is 0 Å². The lowest BCUT2D eigenvalue weighted by Gasteiger charge is -2.27. The quantitative estimate of drug-likeness (QED) is 0.284. The van der Waals surface area contributed by atoms with Crippen molar-refractivity contribution >= 4 is 41.1 Å². The highest BCUT2D eigenvalue weighted by molar-refractivity contribution is 5.81. The third-order valence-corrected chi connectivity index (χ3v) is 4.71. The zero-order valence-electron chi connectivity index (χ0n) is 17.7. The summed E-state index contributed by atoms with van der Waals surface area (Å²) >= 11 is 0. The Morgan fingerprint density at radius 3 is 2.35 bits per heavy atom. The van der Waals surface area contributed by atoms with Gasteiger partial charge in [0.15, 0.2) is 0 Å². The molecule has 2 heterocycles. The summed E-state index contributed by atoms with van der Waals surface area (Å²) in [4.78, 5) is 35.9. The first kappa shape index (κ1) is 22.5. The van der Waals surface area contributed by atoms with Crippen LogP contribution in [0.3, 0.4) is 0 Å². The summed E-state index contributed by atoms with van der Waals surface area (Å²) < 4.78 is 5.38. The van der Waals surface area contributed by atoms with Crippen LogP contribution in [-0.4, -0.2) is 57.3 Å². The van der Waals surface area contributed by atoms with Crippen LogP contribution in [0.4, 0.5) is 34.9 Å². The predicted molar refractivity (Wildman–Crippen MR) is 124 cm³/mol. The number of nitro groups is 2. The van der Waals surface area contributed by atoms with Crippen LogP contribution in [-0.2, 0) is 4.74 Å². The summed E-state index contributed by atoms with van der Waals surface area (Å²) in [6, 6.07) is 11.8. The molecule has 1 aromatic heterocycles. The van der Waals surface area contributed by atoms with Crippen molar-refractivity contribution in [3.8, 4) is 0 Å². The Labute approximate surface area is 192 Å². The highest BCUT2D eigenvalue weighted by Gasteiger charge is 2.17. The van der Waals surface area contributed by atoms with E-state index in [2.05, 4.69) is 30.8 Å². The minimum absolute atomic E-state index is 0.0342. The van der Waals surface area contributed by atoms with Crippen molar-refractivity contribution in [1.29, 1.82) is 0 Å². The molecule has 0 spiro atoms. The molecule has 34 heavy (non-hydrogen) atoms. The summed E-state index contributed by atoms with van der Waals surface area (Å²) in [5, 5.41) is 28.9. The third kappa shape index (κ3) is 5.74. The number of nitrogens with one attached hydrogen (secondary N) is 2. The molecule has 0 amide bonds. The average molecular weight is 465 g/mol. The van der Waals surface area contributed by atoms with Crippen LogP contribution in [0.5, 0.6) is 0 Å². The molecule has 3 aromatic rings. The molecule has 0 aliphatic carbocycles. The van der Waals surface area contributed by atoms with Crippen LogP contribution in [0.2, 0.25) is 0 Å². The van der Waals surface area contributed by atoms with Crippen molar-refractivity contribution in [2.45, 2.75) is 0 Å². The first-order valence-corrected chi connectivity index (χ1v) is 10.1. The number of anilines is 4. The second-order valence-corrected chi connectivity index (χ2v) is 7.03. The molecule has 1 aliphatic heterocycles. The summed E-state index contributed by atoms with van der Waals surface area (Å²) in [7, 11) is 0. The SMILES string of the molecule is O=[N+]([O-])c1ccc(Nc2nc(N/N=C/c3cccc([N+](=O)[O-])c3)nc(N3CCOCC3)n2)cc1. The maximum atomic E-state index is 10.9. The van der Waals surface area contributed by atoms with E-state index in [0.717, 1.165) is 0 Å². The lowest BCUT2D eigenvalue weighted by Crippen LogP contribution is -2.37. The number of hydrogen-bond donors (Lipinski definition) is 2. The standard InChI is InChI=1S/C20H19N9O5/c30-28(31)16-6-4-15(5-7-16)22-18-23-19(25-20(24-18)27-8-10-34-11-9-27)26-21-13-14-2-1-3-17(12-14)29(32)33/h1-7,12-13H,8-11H2,(H2,22,23,24,25,26)/b21-13+. The number of hydrogen-bond acceptors (Lipinski definition) is 12. The summed E-state index contributed by atoms with van der Waals surface area (Å²) in [6.07, 6.45) is 1.41. The van der Waals surface area contributed by atoms with Crippen molar-refractivity contribution < 1.29 is 14.6 Å². The Hall–Kier alpha value is -4.72. The van der Waals surface area contributed by atoms with E-state index in [-0.39, 0.29) is 23.3 Å². The number of nitro benzene ring substituents is 2. The van der Waals surface area contributed by atoms with Gasteiger partial charge >= 0.3 is 0 Å². The maximum Gasteiger partial charge on any atom is 0.270 e. The molecule has 0 atom stereocenters. The molecular weight excluding hydrogens is 446 g/mol. The van der Waals surface area contributed by atoms with Crippen LogP contribution in [0, 0.1) is 20.2 Å². The number of nitrogens with zero attached hydrogens (tertiary/aromatic N) is 7. The third-order valence-electron chi connectivity index (χ3n) is 4.71. The number of morpholine rings is 1. The van der Waals surface area contributed by atoms with Gasteiger partial charge in [-0.15, -0.1) is 0 Å². The number of rotatable bonds is 8. The fourth-order valence-electron chi connectivity index (χ4n) is 3.05. The number of benzene rings is 2. The summed E-state index contributed by atoms with van der Waals surface area (Å²) in [5.41, 5.74) is 3.71. The zero-order valence-corrected chi connectivity index (χ0v) is 17.7. The van der Waals surface area contributed by atoms with Gasteiger partial charge in [0.25, 0.3) is 11.4 Å². The molecule has 0 saturated carbocycles. The monoisotopic (exact) mass is 465 g/mol. The Morgan fingerprint density at radius 1 is 0.941 bits per heavy atom. The van der Waals surface area contributed by atoms with Gasteiger partial charge in [-0.25, -0.2) is 5.43 Å². The number of aromatic nitrogens is 3. The largest absolute Gasteiger partial charge is 0.378 e. The fourth-order valence-corrected chi connectivity index (χ4v) is 3.05. The normalized spacial score (nSPS) is 13.6. The molecule has 0 unspecified atom stereocenters. The van der Waals surface area contributed by atoms with Crippen LogP contribution >= 0.6 is 0 Å². The fraction of sp³-hybridized carbons (Fsp3) is 0.200. The maximum absolute atomic E-state index is 10.9. The number of non-ortho nitro benzene ring substituents is 2. The predicted octanol–water partition coefficient (Wildman–Crippen LogP) is 2.71. The first-order valence-electron chi connectivity index (χ1n) is 10.1. The Kier molecular flexibility index (Phi) is 6.78. The van der Waals surface area contributed by atoms with Crippen molar-refractivity contribution in [3.05, 3.63) is 74.3 Å². The van der Waals surface area contributed by atoms with Gasteiger partial charge in [-0.1, -0.05) is 12.1 Å². The van der Waals surface area contributed by atoms with Gasteiger partial charge in [0.2, 0.25) is 17.8 Å². The van der Waals surface area contributed by atoms with E-state index >= 15 is 0 Å². The lowest BCUT2D eigenvalue weighted by atomic mass is 10.2. The molecule has 174 valence electrons. The Balaban J connectivity index is 1.56. The minimum Gasteiger partial charge on any atom is -0.378 e. The molecule has 2 N–H and O–H groups in total. The molecular formula is C20H19N9O5. The molecule has 1 saturated heterocycles. The molecule has 0 bridgehead atoms. The molecule has 2 aromatic carbocycles. The number of hydrazone groups is 1. The van der Waals surface area contributed by atoms with Crippen LogP contribution in [0.15, 0.2) is 53.6 Å². The van der Waals surface area contributed by atoms with E-state index in [4.69, 9.17) is 4.74 Å². The average Bonchev–Trinajstić information content (AvgIpc) is 2.85. The Bertz CT molecular complexity index is 1210. The summed E-state index contributed by atoms with van der Waals surface area (Å²) in [6.45, 7) is 2.25. The number of ether oxygens (including phenoxy) is 1. The van der Waals surface area contributed by atoms with Gasteiger partial charge in [-0.2, -0.15) is 20.1 Å². The highest BCUT2D eigenvalue weighted by Crippen LogP contribution is 2.21. The van der Waals surface area contributed by atoms with E-state index in [0.29, 0.717) is 43.5 Å². The van der Waals surface area contributed by atoms with Crippen LogP contribution < -0.4 is 15.6 Å². The van der Waals surface area contributed by atoms with Gasteiger partial charge in [0, 0.05) is 48.6 Å². The molecule has 1 fully saturated rings. The second kappa shape index (κ2) is 10.3. The molecule has 14 heteroatoms. The topological polar surface area (TPSA) is 174 Å². The van der Waals surface area contributed by atoms with Crippen molar-refractivity contribution in [3.63, 3.8) is 0 Å². The molecule has 1 aliphatic rings. The zero-order chi connectivity index (χ0) is 23.9. The first-order chi connectivity index (χ1) is 16.5. The molecule has 4 rings (SSSR count). The van der Waals surface area contributed by atoms with E-state index in [1.54, 1.807) is 24.3 Å².